The molecule has 0 aliphatic carbocycles. The van der Waals surface area contributed by atoms with Crippen LogP contribution in [0.3, 0.4) is 0 Å². The van der Waals surface area contributed by atoms with Gasteiger partial charge in [-0.1, -0.05) is 25.1 Å². The van der Waals surface area contributed by atoms with Crippen molar-refractivity contribution in [2.75, 3.05) is 13.2 Å². The molecule has 0 bridgehead atoms. The quantitative estimate of drug-likeness (QED) is 0.888. The summed E-state index contributed by atoms with van der Waals surface area (Å²) >= 11 is 0. The number of nitrogens with one attached hydrogen (secondary N) is 1. The van der Waals surface area contributed by atoms with Crippen LogP contribution in [0.2, 0.25) is 0 Å². The topological polar surface area (TPSA) is 39.3 Å². The summed E-state index contributed by atoms with van der Waals surface area (Å²) in [4.78, 5) is 6.02. The van der Waals surface area contributed by atoms with Gasteiger partial charge in [-0.05, 0) is 30.9 Å². The fourth-order valence-corrected chi connectivity index (χ4v) is 3.11. The molecular formula is C16H22N2O. The second-order valence-electron chi connectivity index (χ2n) is 5.90. The lowest BCUT2D eigenvalue weighted by atomic mass is 9.96. The van der Waals surface area contributed by atoms with E-state index in [-0.39, 0.29) is 6.61 Å². The van der Waals surface area contributed by atoms with Crippen LogP contribution < -0.4 is 0 Å². The van der Waals surface area contributed by atoms with Gasteiger partial charge in [-0.3, -0.25) is 4.90 Å². The zero-order chi connectivity index (χ0) is 13.4. The average Bonchev–Trinajstić information content (AvgIpc) is 2.77. The average molecular weight is 258 g/mol. The first-order valence-corrected chi connectivity index (χ1v) is 7.12. The van der Waals surface area contributed by atoms with Gasteiger partial charge in [-0.25, -0.2) is 0 Å². The second kappa shape index (κ2) is 4.99. The van der Waals surface area contributed by atoms with Crippen molar-refractivity contribution in [2.24, 2.45) is 5.92 Å². The van der Waals surface area contributed by atoms with E-state index in [2.05, 4.69) is 48.0 Å². The molecule has 1 aromatic carbocycles. The van der Waals surface area contributed by atoms with E-state index in [9.17, 15) is 5.11 Å². The monoisotopic (exact) mass is 258 g/mol. The lowest BCUT2D eigenvalue weighted by Crippen LogP contribution is -2.41. The molecule has 1 aromatic heterocycles. The summed E-state index contributed by atoms with van der Waals surface area (Å²) in [5.74, 6) is 0.341. The van der Waals surface area contributed by atoms with E-state index in [1.54, 1.807) is 0 Å². The van der Waals surface area contributed by atoms with Crippen LogP contribution in [0.5, 0.6) is 0 Å². The van der Waals surface area contributed by atoms with Crippen LogP contribution in [0, 0.1) is 5.92 Å². The maximum atomic E-state index is 9.23. The number of hydrogen-bond donors (Lipinski definition) is 2. The summed E-state index contributed by atoms with van der Waals surface area (Å²) in [6, 6.07) is 9.10. The van der Waals surface area contributed by atoms with Crippen molar-refractivity contribution in [1.82, 2.24) is 9.88 Å². The summed E-state index contributed by atoms with van der Waals surface area (Å²) < 4.78 is 0. The normalized spacial score (nSPS) is 21.5. The molecule has 3 heteroatoms. The largest absolute Gasteiger partial charge is 0.396 e. The Labute approximate surface area is 114 Å². The standard InChI is InChI=1S/C16H22N2O/c1-11(10-19)8-18-9-16-14(7-12(18)2)13-5-3-4-6-15(13)17-16/h3-6,11-12,17,19H,7-10H2,1-2H3/t11-,12+/m0/s1. The maximum absolute atomic E-state index is 9.23. The van der Waals surface area contributed by atoms with E-state index in [0.717, 1.165) is 19.5 Å². The molecule has 0 radical (unpaired) electrons. The fourth-order valence-electron chi connectivity index (χ4n) is 3.11. The maximum Gasteiger partial charge on any atom is 0.0468 e. The van der Waals surface area contributed by atoms with Crippen molar-refractivity contribution in [3.8, 4) is 0 Å². The highest BCUT2D eigenvalue weighted by atomic mass is 16.3. The number of aromatic amines is 1. The highest BCUT2D eigenvalue weighted by molar-refractivity contribution is 5.84. The molecule has 0 spiro atoms. The van der Waals surface area contributed by atoms with Gasteiger partial charge < -0.3 is 10.1 Å². The minimum Gasteiger partial charge on any atom is -0.396 e. The van der Waals surface area contributed by atoms with Crippen LogP contribution in [-0.2, 0) is 13.0 Å². The number of fused-ring (bicyclic) bond motifs is 3. The minimum absolute atomic E-state index is 0.267. The van der Waals surface area contributed by atoms with E-state index in [4.69, 9.17) is 0 Å². The highest BCUT2D eigenvalue weighted by Crippen LogP contribution is 2.30. The van der Waals surface area contributed by atoms with Gasteiger partial charge in [0, 0.05) is 42.3 Å². The first-order valence-electron chi connectivity index (χ1n) is 7.12. The molecule has 0 saturated heterocycles. The SMILES string of the molecule is C[C@H](CO)CN1Cc2[nH]c3ccccc3c2C[C@H]1C. The molecular weight excluding hydrogens is 236 g/mol. The van der Waals surface area contributed by atoms with Gasteiger partial charge in [0.05, 0.1) is 0 Å². The lowest BCUT2D eigenvalue weighted by molar-refractivity contribution is 0.127. The van der Waals surface area contributed by atoms with Crippen molar-refractivity contribution >= 4 is 10.9 Å². The number of aromatic nitrogens is 1. The Bertz CT molecular complexity index is 575. The molecule has 3 nitrogen and oxygen atoms in total. The molecule has 19 heavy (non-hydrogen) atoms. The van der Waals surface area contributed by atoms with Crippen molar-refractivity contribution in [3.05, 3.63) is 35.5 Å². The Morgan fingerprint density at radius 2 is 2.21 bits per heavy atom. The van der Waals surface area contributed by atoms with Crippen molar-refractivity contribution in [2.45, 2.75) is 32.9 Å². The van der Waals surface area contributed by atoms with Gasteiger partial charge in [0.2, 0.25) is 0 Å². The van der Waals surface area contributed by atoms with Crippen LogP contribution >= 0.6 is 0 Å². The predicted octanol–water partition coefficient (Wildman–Crippen LogP) is 2.54. The fraction of sp³-hybridized carbons (Fsp3) is 0.500. The third kappa shape index (κ3) is 2.28. The number of rotatable bonds is 3. The Morgan fingerprint density at radius 3 is 3.00 bits per heavy atom. The number of aliphatic hydroxyl groups is 1. The van der Waals surface area contributed by atoms with E-state index >= 15 is 0 Å². The van der Waals surface area contributed by atoms with E-state index in [1.165, 1.54) is 22.2 Å². The number of para-hydroxylation sites is 1. The third-order valence-corrected chi connectivity index (χ3v) is 4.24. The molecule has 1 aliphatic rings. The number of H-pyrrole nitrogens is 1. The van der Waals surface area contributed by atoms with Crippen molar-refractivity contribution < 1.29 is 5.11 Å². The van der Waals surface area contributed by atoms with Gasteiger partial charge in [0.1, 0.15) is 0 Å². The first-order chi connectivity index (χ1) is 9.19. The van der Waals surface area contributed by atoms with Gasteiger partial charge in [-0.2, -0.15) is 0 Å². The molecule has 0 unspecified atom stereocenters. The molecule has 0 saturated carbocycles. The van der Waals surface area contributed by atoms with Crippen LogP contribution in [0.15, 0.2) is 24.3 Å². The van der Waals surface area contributed by atoms with Gasteiger partial charge >= 0.3 is 0 Å². The number of nitrogens with zero attached hydrogens (tertiary/aromatic N) is 1. The Kier molecular flexibility index (Phi) is 3.33. The molecule has 2 heterocycles. The summed E-state index contributed by atoms with van der Waals surface area (Å²) in [7, 11) is 0. The van der Waals surface area contributed by atoms with Crippen LogP contribution in [-0.4, -0.2) is 34.2 Å². The van der Waals surface area contributed by atoms with Crippen molar-refractivity contribution in [3.63, 3.8) is 0 Å². The van der Waals surface area contributed by atoms with Crippen molar-refractivity contribution in [1.29, 1.82) is 0 Å². The molecule has 102 valence electrons. The first kappa shape index (κ1) is 12.7. The molecule has 2 aromatic rings. The molecule has 2 atom stereocenters. The Hall–Kier alpha value is -1.32. The smallest absolute Gasteiger partial charge is 0.0468 e. The number of hydrogen-bond acceptors (Lipinski definition) is 2. The van der Waals surface area contributed by atoms with E-state index in [0.29, 0.717) is 12.0 Å². The molecule has 2 N–H and O–H groups in total. The minimum atomic E-state index is 0.267. The Morgan fingerprint density at radius 1 is 1.42 bits per heavy atom. The zero-order valence-electron chi connectivity index (χ0n) is 11.7. The van der Waals surface area contributed by atoms with Crippen LogP contribution in [0.1, 0.15) is 25.1 Å². The second-order valence-corrected chi connectivity index (χ2v) is 5.90. The predicted molar refractivity (Wildman–Crippen MR) is 78.1 cm³/mol. The van der Waals surface area contributed by atoms with Gasteiger partial charge in [0.25, 0.3) is 0 Å². The number of aliphatic hydroxyl groups excluding tert-OH is 1. The van der Waals surface area contributed by atoms with Gasteiger partial charge in [-0.15, -0.1) is 0 Å². The van der Waals surface area contributed by atoms with Crippen LogP contribution in [0.25, 0.3) is 10.9 Å². The molecule has 3 rings (SSSR count). The van der Waals surface area contributed by atoms with E-state index < -0.39 is 0 Å². The summed E-state index contributed by atoms with van der Waals surface area (Å²) in [5.41, 5.74) is 4.08. The molecule has 0 fully saturated rings. The molecule has 1 aliphatic heterocycles. The van der Waals surface area contributed by atoms with Crippen LogP contribution in [0.4, 0.5) is 0 Å². The Balaban J connectivity index is 1.90. The molecule has 0 amide bonds. The zero-order valence-corrected chi connectivity index (χ0v) is 11.7. The summed E-state index contributed by atoms with van der Waals surface area (Å²) in [5, 5.41) is 10.6. The number of benzene rings is 1. The van der Waals surface area contributed by atoms with E-state index in [1.807, 2.05) is 0 Å². The van der Waals surface area contributed by atoms with Gasteiger partial charge in [0.15, 0.2) is 0 Å². The highest BCUT2D eigenvalue weighted by Gasteiger charge is 2.26. The lowest BCUT2D eigenvalue weighted by Gasteiger charge is -2.35. The summed E-state index contributed by atoms with van der Waals surface area (Å²) in [6.45, 7) is 6.59. The third-order valence-electron chi connectivity index (χ3n) is 4.24. The summed E-state index contributed by atoms with van der Waals surface area (Å²) in [6.07, 6.45) is 1.09.